The summed E-state index contributed by atoms with van der Waals surface area (Å²) in [5.74, 6) is 0. The van der Waals surface area contributed by atoms with Crippen LogP contribution in [0.25, 0.3) is 10.8 Å². The lowest BCUT2D eigenvalue weighted by molar-refractivity contribution is 0.285. The quantitative estimate of drug-likeness (QED) is 0.712. The van der Waals surface area contributed by atoms with Gasteiger partial charge in [0, 0.05) is 36.9 Å². The Balaban J connectivity index is 2.38. The number of aliphatic hydroxyl groups is 1. The second-order valence-electron chi connectivity index (χ2n) is 3.92. The molecular weight excluding hydrogens is 214 g/mol. The summed E-state index contributed by atoms with van der Waals surface area (Å²) in [4.78, 5) is 4.23. The lowest BCUT2D eigenvalue weighted by Crippen LogP contribution is -2.30. The molecule has 0 spiro atoms. The standard InChI is InChI=1S/C13H17N3O/c14-7-13(16-5-6-17)12-9-15-8-10-3-1-2-4-11(10)12/h1-4,8-9,13,16-17H,5-7,14H2. The average Bonchev–Trinajstić information content (AvgIpc) is 2.40. The normalized spacial score (nSPS) is 12.8. The molecule has 0 saturated carbocycles. The van der Waals surface area contributed by atoms with E-state index >= 15 is 0 Å². The number of nitrogens with zero attached hydrogens (tertiary/aromatic N) is 1. The molecule has 1 unspecified atom stereocenters. The van der Waals surface area contributed by atoms with Gasteiger partial charge in [-0.15, -0.1) is 0 Å². The third-order valence-electron chi connectivity index (χ3n) is 2.81. The number of pyridine rings is 1. The van der Waals surface area contributed by atoms with Gasteiger partial charge in [0.05, 0.1) is 6.61 Å². The van der Waals surface area contributed by atoms with Gasteiger partial charge in [0.2, 0.25) is 0 Å². The first-order valence-electron chi connectivity index (χ1n) is 5.73. The Morgan fingerprint density at radius 2 is 2.12 bits per heavy atom. The number of benzene rings is 1. The molecule has 1 aromatic heterocycles. The SMILES string of the molecule is NCC(NCCO)c1cncc2ccccc12. The van der Waals surface area contributed by atoms with Crippen molar-refractivity contribution in [2.24, 2.45) is 5.73 Å². The summed E-state index contributed by atoms with van der Waals surface area (Å²) in [6.07, 6.45) is 3.68. The zero-order valence-electron chi connectivity index (χ0n) is 9.63. The molecule has 0 fully saturated rings. The van der Waals surface area contributed by atoms with Crippen molar-refractivity contribution in [3.63, 3.8) is 0 Å². The number of nitrogens with two attached hydrogens (primary N) is 1. The molecule has 4 N–H and O–H groups in total. The Labute approximate surface area is 100 Å². The molecule has 0 aliphatic rings. The fourth-order valence-electron chi connectivity index (χ4n) is 1.98. The van der Waals surface area contributed by atoms with Crippen LogP contribution in [0, 0.1) is 0 Å². The van der Waals surface area contributed by atoms with Crippen molar-refractivity contribution in [1.29, 1.82) is 0 Å². The van der Waals surface area contributed by atoms with E-state index in [-0.39, 0.29) is 12.6 Å². The van der Waals surface area contributed by atoms with Crippen molar-refractivity contribution >= 4 is 10.8 Å². The monoisotopic (exact) mass is 231 g/mol. The van der Waals surface area contributed by atoms with E-state index in [0.717, 1.165) is 16.3 Å². The van der Waals surface area contributed by atoms with Crippen LogP contribution in [0.15, 0.2) is 36.7 Å². The van der Waals surface area contributed by atoms with Crippen molar-refractivity contribution in [2.75, 3.05) is 19.7 Å². The molecule has 0 bridgehead atoms. The highest BCUT2D eigenvalue weighted by Crippen LogP contribution is 2.22. The second-order valence-corrected chi connectivity index (χ2v) is 3.92. The molecule has 4 heteroatoms. The van der Waals surface area contributed by atoms with Gasteiger partial charge in [-0.25, -0.2) is 0 Å². The first-order valence-corrected chi connectivity index (χ1v) is 5.73. The van der Waals surface area contributed by atoms with E-state index in [1.807, 2.05) is 30.6 Å². The number of aromatic nitrogens is 1. The Kier molecular flexibility index (Phi) is 4.03. The van der Waals surface area contributed by atoms with Crippen LogP contribution in [0.1, 0.15) is 11.6 Å². The van der Waals surface area contributed by atoms with Gasteiger partial charge in [0.15, 0.2) is 0 Å². The highest BCUT2D eigenvalue weighted by Gasteiger charge is 2.11. The first-order chi connectivity index (χ1) is 8.36. The summed E-state index contributed by atoms with van der Waals surface area (Å²) in [5.41, 5.74) is 6.85. The van der Waals surface area contributed by atoms with Crippen LogP contribution in [0.3, 0.4) is 0 Å². The van der Waals surface area contributed by atoms with E-state index in [1.165, 1.54) is 0 Å². The molecular formula is C13H17N3O. The van der Waals surface area contributed by atoms with E-state index in [2.05, 4.69) is 16.4 Å². The second kappa shape index (κ2) is 5.72. The number of hydrogen-bond acceptors (Lipinski definition) is 4. The van der Waals surface area contributed by atoms with E-state index in [9.17, 15) is 0 Å². The lowest BCUT2D eigenvalue weighted by atomic mass is 10.0. The summed E-state index contributed by atoms with van der Waals surface area (Å²) in [6.45, 7) is 1.12. The highest BCUT2D eigenvalue weighted by molar-refractivity contribution is 5.85. The molecule has 1 aromatic carbocycles. The molecule has 2 aromatic rings. The van der Waals surface area contributed by atoms with Gasteiger partial charge in [-0.2, -0.15) is 0 Å². The van der Waals surface area contributed by atoms with Crippen LogP contribution in [0.2, 0.25) is 0 Å². The first kappa shape index (κ1) is 12.0. The minimum absolute atomic E-state index is 0.0285. The zero-order chi connectivity index (χ0) is 12.1. The molecule has 0 aliphatic carbocycles. The molecule has 1 atom stereocenters. The minimum atomic E-state index is 0.0285. The number of rotatable bonds is 5. The highest BCUT2D eigenvalue weighted by atomic mass is 16.3. The van der Waals surface area contributed by atoms with Crippen molar-refractivity contribution in [3.8, 4) is 0 Å². The molecule has 0 amide bonds. The van der Waals surface area contributed by atoms with Gasteiger partial charge >= 0.3 is 0 Å². The molecule has 90 valence electrons. The summed E-state index contributed by atoms with van der Waals surface area (Å²) in [7, 11) is 0. The summed E-state index contributed by atoms with van der Waals surface area (Å²) >= 11 is 0. The van der Waals surface area contributed by atoms with Crippen molar-refractivity contribution in [3.05, 3.63) is 42.2 Å². The van der Waals surface area contributed by atoms with Gasteiger partial charge in [-0.3, -0.25) is 4.98 Å². The fraction of sp³-hybridized carbons (Fsp3) is 0.308. The maximum absolute atomic E-state index is 8.85. The summed E-state index contributed by atoms with van der Waals surface area (Å²) in [6, 6.07) is 8.12. The van der Waals surface area contributed by atoms with Gasteiger partial charge in [-0.1, -0.05) is 24.3 Å². The number of hydrogen-bond donors (Lipinski definition) is 3. The van der Waals surface area contributed by atoms with Crippen molar-refractivity contribution in [1.82, 2.24) is 10.3 Å². The Morgan fingerprint density at radius 1 is 1.29 bits per heavy atom. The van der Waals surface area contributed by atoms with Gasteiger partial charge in [0.1, 0.15) is 0 Å². The van der Waals surface area contributed by atoms with Crippen LogP contribution in [0.5, 0.6) is 0 Å². The van der Waals surface area contributed by atoms with Crippen LogP contribution in [0.4, 0.5) is 0 Å². The number of fused-ring (bicyclic) bond motifs is 1. The minimum Gasteiger partial charge on any atom is -0.395 e. The third-order valence-corrected chi connectivity index (χ3v) is 2.81. The van der Waals surface area contributed by atoms with Crippen LogP contribution >= 0.6 is 0 Å². The van der Waals surface area contributed by atoms with Crippen LogP contribution < -0.4 is 11.1 Å². The van der Waals surface area contributed by atoms with E-state index < -0.39 is 0 Å². The van der Waals surface area contributed by atoms with Gasteiger partial charge in [-0.05, 0) is 10.9 Å². The molecule has 0 radical (unpaired) electrons. The topological polar surface area (TPSA) is 71.2 Å². The zero-order valence-corrected chi connectivity index (χ0v) is 9.63. The third kappa shape index (κ3) is 2.61. The molecule has 2 rings (SSSR count). The van der Waals surface area contributed by atoms with E-state index in [1.54, 1.807) is 0 Å². The summed E-state index contributed by atoms with van der Waals surface area (Å²) in [5, 5.41) is 14.3. The van der Waals surface area contributed by atoms with E-state index in [4.69, 9.17) is 10.8 Å². The smallest absolute Gasteiger partial charge is 0.0556 e. The molecule has 1 heterocycles. The van der Waals surface area contributed by atoms with Crippen molar-refractivity contribution in [2.45, 2.75) is 6.04 Å². The Hall–Kier alpha value is -1.49. The summed E-state index contributed by atoms with van der Waals surface area (Å²) < 4.78 is 0. The Morgan fingerprint density at radius 3 is 2.88 bits per heavy atom. The molecule has 17 heavy (non-hydrogen) atoms. The predicted molar refractivity (Wildman–Crippen MR) is 68.6 cm³/mol. The average molecular weight is 231 g/mol. The molecule has 0 aliphatic heterocycles. The maximum Gasteiger partial charge on any atom is 0.0556 e. The maximum atomic E-state index is 8.85. The van der Waals surface area contributed by atoms with Gasteiger partial charge < -0.3 is 16.2 Å². The Bertz CT molecular complexity index is 482. The van der Waals surface area contributed by atoms with Crippen molar-refractivity contribution < 1.29 is 5.11 Å². The predicted octanol–water partition coefficient (Wildman–Crippen LogP) is 0.817. The number of aliphatic hydroxyl groups excluding tert-OH is 1. The fourth-order valence-corrected chi connectivity index (χ4v) is 1.98. The van der Waals surface area contributed by atoms with Crippen LogP contribution in [-0.2, 0) is 0 Å². The largest absolute Gasteiger partial charge is 0.395 e. The molecule has 4 nitrogen and oxygen atoms in total. The number of nitrogens with one attached hydrogen (secondary N) is 1. The molecule has 0 saturated heterocycles. The van der Waals surface area contributed by atoms with Gasteiger partial charge in [0.25, 0.3) is 0 Å². The van der Waals surface area contributed by atoms with E-state index in [0.29, 0.717) is 13.1 Å². The van der Waals surface area contributed by atoms with Crippen LogP contribution in [-0.4, -0.2) is 29.8 Å². The lowest BCUT2D eigenvalue weighted by Gasteiger charge is -2.18.